The second-order valence-electron chi connectivity index (χ2n) is 7.05. The number of carbonyl (C=O) groups is 1. The van der Waals surface area contributed by atoms with Gasteiger partial charge in [-0.05, 0) is 60.2 Å². The van der Waals surface area contributed by atoms with Crippen LogP contribution in [0.25, 0.3) is 0 Å². The summed E-state index contributed by atoms with van der Waals surface area (Å²) in [5.74, 6) is 0.598. The molecule has 0 aliphatic heterocycles. The van der Waals surface area contributed by atoms with Crippen molar-refractivity contribution in [2.75, 3.05) is 17.7 Å². The molecule has 4 heteroatoms. The monoisotopic (exact) mass is 372 g/mol. The smallest absolute Gasteiger partial charge is 0.251 e. The number of fused-ring (bicyclic) bond motifs is 1. The van der Waals surface area contributed by atoms with E-state index in [4.69, 9.17) is 4.74 Å². The maximum Gasteiger partial charge on any atom is 0.251 e. The van der Waals surface area contributed by atoms with E-state index < -0.39 is 6.04 Å². The van der Waals surface area contributed by atoms with E-state index in [0.717, 1.165) is 24.1 Å². The molecule has 1 aliphatic rings. The predicted octanol–water partition coefficient (Wildman–Crippen LogP) is 4.98. The zero-order valence-electron chi connectivity index (χ0n) is 15.9. The van der Waals surface area contributed by atoms with Crippen LogP contribution in [0.15, 0.2) is 72.8 Å². The summed E-state index contributed by atoms with van der Waals surface area (Å²) in [5.41, 5.74) is 5.40. The number of hydrogen-bond donors (Lipinski definition) is 2. The van der Waals surface area contributed by atoms with Crippen LogP contribution in [0.3, 0.4) is 0 Å². The van der Waals surface area contributed by atoms with Crippen LogP contribution in [0, 0.1) is 0 Å². The van der Waals surface area contributed by atoms with E-state index in [9.17, 15) is 4.79 Å². The highest BCUT2D eigenvalue weighted by Crippen LogP contribution is 2.28. The van der Waals surface area contributed by atoms with Crippen molar-refractivity contribution in [3.8, 4) is 5.75 Å². The minimum Gasteiger partial charge on any atom is -0.497 e. The van der Waals surface area contributed by atoms with Crippen molar-refractivity contribution in [2.24, 2.45) is 0 Å². The third-order valence-electron chi connectivity index (χ3n) is 5.14. The molecule has 28 heavy (non-hydrogen) atoms. The second kappa shape index (κ2) is 8.17. The van der Waals surface area contributed by atoms with Crippen molar-refractivity contribution in [3.63, 3.8) is 0 Å². The largest absolute Gasteiger partial charge is 0.497 e. The lowest BCUT2D eigenvalue weighted by Gasteiger charge is -2.21. The molecule has 4 rings (SSSR count). The molecule has 0 heterocycles. The summed E-state index contributed by atoms with van der Waals surface area (Å²) in [4.78, 5) is 13.1. The lowest BCUT2D eigenvalue weighted by Crippen LogP contribution is -2.27. The zero-order chi connectivity index (χ0) is 19.3. The van der Waals surface area contributed by atoms with Gasteiger partial charge in [-0.15, -0.1) is 0 Å². The van der Waals surface area contributed by atoms with E-state index in [1.54, 1.807) is 7.11 Å². The van der Waals surface area contributed by atoms with Crippen molar-refractivity contribution in [3.05, 3.63) is 89.5 Å². The van der Waals surface area contributed by atoms with Crippen LogP contribution in [0.2, 0.25) is 0 Å². The Balaban J connectivity index is 1.59. The molecule has 0 saturated carbocycles. The Morgan fingerprint density at radius 2 is 1.71 bits per heavy atom. The molecule has 142 valence electrons. The predicted molar refractivity (Wildman–Crippen MR) is 113 cm³/mol. The quantitative estimate of drug-likeness (QED) is 0.642. The SMILES string of the molecule is COc1cccc(NC(=O)[C@H](Nc2ccc3c(c2)CCC3)c2ccccc2)c1. The van der Waals surface area contributed by atoms with Crippen molar-refractivity contribution in [1.82, 2.24) is 0 Å². The van der Waals surface area contributed by atoms with Gasteiger partial charge in [-0.3, -0.25) is 4.79 Å². The fraction of sp³-hybridized carbons (Fsp3) is 0.208. The van der Waals surface area contributed by atoms with Crippen LogP contribution in [0.4, 0.5) is 11.4 Å². The fourth-order valence-corrected chi connectivity index (χ4v) is 3.69. The summed E-state index contributed by atoms with van der Waals surface area (Å²) >= 11 is 0. The first-order chi connectivity index (χ1) is 13.7. The summed E-state index contributed by atoms with van der Waals surface area (Å²) in [5, 5.41) is 6.44. The van der Waals surface area contributed by atoms with Crippen LogP contribution in [-0.4, -0.2) is 13.0 Å². The average Bonchev–Trinajstić information content (AvgIpc) is 3.20. The van der Waals surface area contributed by atoms with E-state index >= 15 is 0 Å². The Kier molecular flexibility index (Phi) is 5.29. The van der Waals surface area contributed by atoms with E-state index in [1.807, 2.05) is 54.6 Å². The number of aryl methyl sites for hydroxylation is 2. The normalized spacial score (nSPS) is 13.5. The number of amides is 1. The number of benzene rings is 3. The average molecular weight is 372 g/mol. The highest BCUT2D eigenvalue weighted by molar-refractivity contribution is 5.97. The van der Waals surface area contributed by atoms with Crippen LogP contribution in [0.1, 0.15) is 29.2 Å². The first-order valence-corrected chi connectivity index (χ1v) is 9.61. The summed E-state index contributed by atoms with van der Waals surface area (Å²) in [6, 6.07) is 23.1. The molecule has 2 N–H and O–H groups in total. The first kappa shape index (κ1) is 18.1. The van der Waals surface area contributed by atoms with Gasteiger partial charge in [-0.2, -0.15) is 0 Å². The molecule has 1 atom stereocenters. The van der Waals surface area contributed by atoms with Gasteiger partial charge in [0, 0.05) is 17.4 Å². The van der Waals surface area contributed by atoms with Gasteiger partial charge in [-0.25, -0.2) is 0 Å². The molecule has 0 bridgehead atoms. The van der Waals surface area contributed by atoms with E-state index in [1.165, 1.54) is 17.5 Å². The third-order valence-corrected chi connectivity index (χ3v) is 5.14. The lowest BCUT2D eigenvalue weighted by molar-refractivity contribution is -0.117. The minimum atomic E-state index is -0.494. The Hall–Kier alpha value is -3.27. The molecule has 0 spiro atoms. The number of nitrogens with one attached hydrogen (secondary N) is 2. The molecule has 3 aromatic rings. The lowest BCUT2D eigenvalue weighted by atomic mass is 10.0. The Morgan fingerprint density at radius 3 is 2.54 bits per heavy atom. The van der Waals surface area contributed by atoms with Crippen LogP contribution in [0.5, 0.6) is 5.75 Å². The van der Waals surface area contributed by atoms with Crippen LogP contribution in [-0.2, 0) is 17.6 Å². The summed E-state index contributed by atoms with van der Waals surface area (Å²) in [6.45, 7) is 0. The van der Waals surface area contributed by atoms with Crippen LogP contribution < -0.4 is 15.4 Å². The summed E-state index contributed by atoms with van der Waals surface area (Å²) in [6.07, 6.45) is 3.46. The van der Waals surface area contributed by atoms with Gasteiger partial charge < -0.3 is 15.4 Å². The van der Waals surface area contributed by atoms with Gasteiger partial charge in [0.25, 0.3) is 5.91 Å². The minimum absolute atomic E-state index is 0.111. The van der Waals surface area contributed by atoms with Crippen molar-refractivity contribution >= 4 is 17.3 Å². The van der Waals surface area contributed by atoms with Gasteiger partial charge in [0.05, 0.1) is 7.11 Å². The topological polar surface area (TPSA) is 50.4 Å². The zero-order valence-corrected chi connectivity index (χ0v) is 15.9. The van der Waals surface area contributed by atoms with Gasteiger partial charge in [0.15, 0.2) is 0 Å². The van der Waals surface area contributed by atoms with Gasteiger partial charge in [0.2, 0.25) is 0 Å². The molecule has 0 saturated heterocycles. The number of carbonyl (C=O) groups excluding carboxylic acids is 1. The van der Waals surface area contributed by atoms with Crippen molar-refractivity contribution in [1.29, 1.82) is 0 Å². The van der Waals surface area contributed by atoms with Gasteiger partial charge in [-0.1, -0.05) is 42.5 Å². The van der Waals surface area contributed by atoms with E-state index in [0.29, 0.717) is 11.4 Å². The van der Waals surface area contributed by atoms with Gasteiger partial charge >= 0.3 is 0 Å². The maximum absolute atomic E-state index is 13.1. The Labute approximate surface area is 165 Å². The number of rotatable bonds is 6. The van der Waals surface area contributed by atoms with Crippen LogP contribution >= 0.6 is 0 Å². The standard InChI is InChI=1S/C24H24N2O2/c1-28-22-12-6-11-20(16-22)26-24(27)23(18-7-3-2-4-8-18)25-21-14-13-17-9-5-10-19(17)15-21/h2-4,6-8,11-16,23,25H,5,9-10H2,1H3,(H,26,27)/t23-/m1/s1. The van der Waals surface area contributed by atoms with E-state index in [-0.39, 0.29) is 5.91 Å². The first-order valence-electron chi connectivity index (χ1n) is 9.61. The number of hydrogen-bond acceptors (Lipinski definition) is 3. The summed E-state index contributed by atoms with van der Waals surface area (Å²) in [7, 11) is 1.61. The third kappa shape index (κ3) is 4.01. The maximum atomic E-state index is 13.1. The van der Waals surface area contributed by atoms with E-state index in [2.05, 4.69) is 28.8 Å². The molecular weight excluding hydrogens is 348 g/mol. The molecule has 0 radical (unpaired) electrons. The number of anilines is 2. The number of methoxy groups -OCH3 is 1. The highest BCUT2D eigenvalue weighted by atomic mass is 16.5. The summed E-state index contributed by atoms with van der Waals surface area (Å²) < 4.78 is 5.25. The Morgan fingerprint density at radius 1 is 0.893 bits per heavy atom. The molecule has 1 aliphatic carbocycles. The Bertz CT molecular complexity index is 969. The molecule has 4 nitrogen and oxygen atoms in total. The van der Waals surface area contributed by atoms with Gasteiger partial charge in [0.1, 0.15) is 11.8 Å². The number of ether oxygens (including phenoxy) is 1. The highest BCUT2D eigenvalue weighted by Gasteiger charge is 2.21. The van der Waals surface area contributed by atoms with Crippen molar-refractivity contribution in [2.45, 2.75) is 25.3 Å². The molecule has 3 aromatic carbocycles. The van der Waals surface area contributed by atoms with Crippen molar-refractivity contribution < 1.29 is 9.53 Å². The second-order valence-corrected chi connectivity index (χ2v) is 7.05. The fourth-order valence-electron chi connectivity index (χ4n) is 3.69. The molecule has 0 aromatic heterocycles. The molecule has 1 amide bonds. The molecular formula is C24H24N2O2. The molecule has 0 fully saturated rings. The molecule has 0 unspecified atom stereocenters.